The van der Waals surface area contributed by atoms with Gasteiger partial charge in [-0.15, -0.1) is 0 Å². The Bertz CT molecular complexity index is 988. The first kappa shape index (κ1) is 20.0. The molecule has 0 unspecified atom stereocenters. The predicted molar refractivity (Wildman–Crippen MR) is 111 cm³/mol. The fourth-order valence-electron chi connectivity index (χ4n) is 2.70. The summed E-state index contributed by atoms with van der Waals surface area (Å²) in [7, 11) is 0. The fraction of sp³-hybridized carbons (Fsp3) is 0.136. The molecule has 2 amide bonds. The first-order valence-electron chi connectivity index (χ1n) is 9.13. The van der Waals surface area contributed by atoms with Crippen LogP contribution in [0.15, 0.2) is 66.9 Å². The average Bonchev–Trinajstić information content (AvgIpc) is 2.70. The highest BCUT2D eigenvalue weighted by Crippen LogP contribution is 2.19. The minimum Gasteiger partial charge on any atom is -0.352 e. The van der Waals surface area contributed by atoms with Crippen molar-refractivity contribution < 1.29 is 14.0 Å². The molecule has 0 atom stereocenters. The second kappa shape index (κ2) is 9.45. The van der Waals surface area contributed by atoms with Crippen molar-refractivity contribution in [3.63, 3.8) is 0 Å². The van der Waals surface area contributed by atoms with E-state index in [2.05, 4.69) is 20.9 Å². The monoisotopic (exact) mass is 392 g/mol. The van der Waals surface area contributed by atoms with E-state index >= 15 is 0 Å². The highest BCUT2D eigenvalue weighted by molar-refractivity contribution is 5.94. The summed E-state index contributed by atoms with van der Waals surface area (Å²) in [5, 5.41) is 8.67. The third kappa shape index (κ3) is 6.14. The van der Waals surface area contributed by atoms with Gasteiger partial charge in [-0.3, -0.25) is 9.59 Å². The third-order valence-corrected chi connectivity index (χ3v) is 4.09. The molecule has 7 heteroatoms. The summed E-state index contributed by atoms with van der Waals surface area (Å²) < 4.78 is 12.9. The molecule has 148 valence electrons. The van der Waals surface area contributed by atoms with Gasteiger partial charge in [-0.05, 0) is 54.4 Å². The van der Waals surface area contributed by atoms with Gasteiger partial charge in [0.25, 0.3) is 5.91 Å². The molecule has 0 aliphatic rings. The first-order chi connectivity index (χ1) is 14.0. The van der Waals surface area contributed by atoms with Crippen molar-refractivity contribution in [3.8, 4) is 0 Å². The molecule has 2 aromatic carbocycles. The number of pyridine rings is 1. The summed E-state index contributed by atoms with van der Waals surface area (Å²) in [6, 6.07) is 16.8. The van der Waals surface area contributed by atoms with E-state index in [1.807, 2.05) is 12.1 Å². The van der Waals surface area contributed by atoms with Crippen molar-refractivity contribution >= 4 is 29.0 Å². The van der Waals surface area contributed by atoms with E-state index in [-0.39, 0.29) is 17.6 Å². The lowest BCUT2D eigenvalue weighted by Gasteiger charge is -2.09. The Morgan fingerprint density at radius 2 is 1.76 bits per heavy atom. The largest absolute Gasteiger partial charge is 0.352 e. The molecule has 1 aromatic heterocycles. The summed E-state index contributed by atoms with van der Waals surface area (Å²) in [5.74, 6) is -0.0684. The van der Waals surface area contributed by atoms with E-state index in [4.69, 9.17) is 0 Å². The molecule has 0 saturated carbocycles. The molecular formula is C22H21FN4O2. The number of rotatable bonds is 7. The number of nitrogens with zero attached hydrogens (tertiary/aromatic N) is 1. The van der Waals surface area contributed by atoms with Crippen LogP contribution in [0.25, 0.3) is 0 Å². The van der Waals surface area contributed by atoms with Gasteiger partial charge in [0, 0.05) is 31.0 Å². The van der Waals surface area contributed by atoms with E-state index in [9.17, 15) is 14.0 Å². The van der Waals surface area contributed by atoms with E-state index in [0.717, 1.165) is 11.3 Å². The minimum absolute atomic E-state index is 0.143. The number of hydrogen-bond donors (Lipinski definition) is 3. The topological polar surface area (TPSA) is 83.1 Å². The molecular weight excluding hydrogens is 371 g/mol. The van der Waals surface area contributed by atoms with Crippen LogP contribution in [-0.4, -0.2) is 23.3 Å². The molecule has 3 rings (SSSR count). The summed E-state index contributed by atoms with van der Waals surface area (Å²) in [4.78, 5) is 27.7. The zero-order chi connectivity index (χ0) is 20.6. The van der Waals surface area contributed by atoms with Crippen LogP contribution >= 0.6 is 0 Å². The maximum atomic E-state index is 12.9. The third-order valence-electron chi connectivity index (χ3n) is 4.09. The molecule has 1 heterocycles. The van der Waals surface area contributed by atoms with Crippen LogP contribution in [0.3, 0.4) is 0 Å². The van der Waals surface area contributed by atoms with Gasteiger partial charge in [-0.1, -0.05) is 18.2 Å². The van der Waals surface area contributed by atoms with Crippen molar-refractivity contribution in [1.29, 1.82) is 0 Å². The van der Waals surface area contributed by atoms with Crippen LogP contribution in [0.2, 0.25) is 0 Å². The highest BCUT2D eigenvalue weighted by Gasteiger charge is 2.06. The van der Waals surface area contributed by atoms with Crippen molar-refractivity contribution in [2.24, 2.45) is 0 Å². The van der Waals surface area contributed by atoms with Gasteiger partial charge in [-0.2, -0.15) is 0 Å². The zero-order valence-corrected chi connectivity index (χ0v) is 15.9. The Hall–Kier alpha value is -3.74. The van der Waals surface area contributed by atoms with Gasteiger partial charge in [0.1, 0.15) is 11.6 Å². The fourth-order valence-corrected chi connectivity index (χ4v) is 2.70. The number of nitrogens with one attached hydrogen (secondary N) is 3. The van der Waals surface area contributed by atoms with E-state index in [1.165, 1.54) is 25.3 Å². The maximum Gasteiger partial charge on any atom is 0.252 e. The number of amides is 2. The lowest BCUT2D eigenvalue weighted by molar-refractivity contribution is -0.114. The SMILES string of the molecule is CC(=O)Nc1cccc(Nc2ccc(C(=O)NCCc3ccc(F)cc3)cn2)c1. The lowest BCUT2D eigenvalue weighted by Crippen LogP contribution is -2.25. The van der Waals surface area contributed by atoms with Gasteiger partial charge >= 0.3 is 0 Å². The predicted octanol–water partition coefficient (Wildman–Crippen LogP) is 3.90. The van der Waals surface area contributed by atoms with Crippen molar-refractivity contribution in [2.75, 3.05) is 17.2 Å². The Labute approximate surface area is 168 Å². The average molecular weight is 392 g/mol. The van der Waals surface area contributed by atoms with Gasteiger partial charge in [-0.25, -0.2) is 9.37 Å². The molecule has 0 aliphatic carbocycles. The molecule has 0 saturated heterocycles. The Morgan fingerprint density at radius 3 is 2.45 bits per heavy atom. The van der Waals surface area contributed by atoms with E-state index in [0.29, 0.717) is 30.0 Å². The van der Waals surface area contributed by atoms with Gasteiger partial charge < -0.3 is 16.0 Å². The molecule has 0 aliphatic heterocycles. The Kier molecular flexibility index (Phi) is 6.52. The lowest BCUT2D eigenvalue weighted by atomic mass is 10.1. The molecule has 0 fully saturated rings. The van der Waals surface area contributed by atoms with Crippen LogP contribution in [0.4, 0.5) is 21.6 Å². The number of carbonyl (C=O) groups is 2. The van der Waals surface area contributed by atoms with Crippen LogP contribution in [0.5, 0.6) is 0 Å². The zero-order valence-electron chi connectivity index (χ0n) is 15.9. The van der Waals surface area contributed by atoms with Crippen LogP contribution in [0, 0.1) is 5.82 Å². The molecule has 6 nitrogen and oxygen atoms in total. The molecule has 3 aromatic rings. The van der Waals surface area contributed by atoms with E-state index in [1.54, 1.807) is 36.4 Å². The normalized spacial score (nSPS) is 10.3. The van der Waals surface area contributed by atoms with Crippen LogP contribution < -0.4 is 16.0 Å². The van der Waals surface area contributed by atoms with Crippen LogP contribution in [-0.2, 0) is 11.2 Å². The quantitative estimate of drug-likeness (QED) is 0.570. The van der Waals surface area contributed by atoms with Crippen molar-refractivity contribution in [1.82, 2.24) is 10.3 Å². The van der Waals surface area contributed by atoms with Gasteiger partial charge in [0.05, 0.1) is 5.56 Å². The number of hydrogen-bond acceptors (Lipinski definition) is 4. The number of anilines is 3. The van der Waals surface area contributed by atoms with Crippen LogP contribution in [0.1, 0.15) is 22.8 Å². The molecule has 0 radical (unpaired) electrons. The van der Waals surface area contributed by atoms with Crippen molar-refractivity contribution in [3.05, 3.63) is 83.8 Å². The second-order valence-corrected chi connectivity index (χ2v) is 6.45. The number of carbonyl (C=O) groups excluding carboxylic acids is 2. The number of aromatic nitrogens is 1. The van der Waals surface area contributed by atoms with Gasteiger partial charge in [0.2, 0.25) is 5.91 Å². The number of benzene rings is 2. The molecule has 0 spiro atoms. The van der Waals surface area contributed by atoms with Gasteiger partial charge in [0.15, 0.2) is 0 Å². The summed E-state index contributed by atoms with van der Waals surface area (Å²) in [5.41, 5.74) is 2.84. The second-order valence-electron chi connectivity index (χ2n) is 6.45. The first-order valence-corrected chi connectivity index (χ1v) is 9.13. The standard InChI is InChI=1S/C22H21FN4O2/c1-15(28)26-19-3-2-4-20(13-19)27-21-10-7-17(14-25-21)22(29)24-12-11-16-5-8-18(23)9-6-16/h2-10,13-14H,11-12H2,1H3,(H,24,29)(H,25,27)(H,26,28). The summed E-state index contributed by atoms with van der Waals surface area (Å²) in [6.45, 7) is 1.89. The maximum absolute atomic E-state index is 12.9. The summed E-state index contributed by atoms with van der Waals surface area (Å²) >= 11 is 0. The minimum atomic E-state index is -0.278. The molecule has 3 N–H and O–H groups in total. The molecule has 0 bridgehead atoms. The molecule has 29 heavy (non-hydrogen) atoms. The highest BCUT2D eigenvalue weighted by atomic mass is 19.1. The van der Waals surface area contributed by atoms with E-state index < -0.39 is 0 Å². The van der Waals surface area contributed by atoms with Crippen molar-refractivity contribution in [2.45, 2.75) is 13.3 Å². The smallest absolute Gasteiger partial charge is 0.252 e. The number of halogens is 1. The summed E-state index contributed by atoms with van der Waals surface area (Å²) in [6.07, 6.45) is 2.11. The Morgan fingerprint density at radius 1 is 1.00 bits per heavy atom. The Balaban J connectivity index is 1.53.